The summed E-state index contributed by atoms with van der Waals surface area (Å²) >= 11 is 0. The summed E-state index contributed by atoms with van der Waals surface area (Å²) in [6, 6.07) is 26.3. The van der Waals surface area contributed by atoms with Crippen molar-refractivity contribution in [2.45, 2.75) is 25.8 Å². The van der Waals surface area contributed by atoms with E-state index >= 15 is 0 Å². The van der Waals surface area contributed by atoms with Crippen LogP contribution in [-0.4, -0.2) is 35.8 Å². The zero-order valence-corrected chi connectivity index (χ0v) is 19.0. The lowest BCUT2D eigenvalue weighted by molar-refractivity contribution is -0.135. The Hall–Kier alpha value is -3.93. The van der Waals surface area contributed by atoms with Gasteiger partial charge in [-0.3, -0.25) is 9.59 Å². The molecule has 1 saturated carbocycles. The molecule has 3 aromatic rings. The van der Waals surface area contributed by atoms with Crippen molar-refractivity contribution in [2.24, 2.45) is 5.92 Å². The van der Waals surface area contributed by atoms with Crippen LogP contribution in [0.25, 0.3) is 0 Å². The van der Waals surface area contributed by atoms with Gasteiger partial charge in [-0.25, -0.2) is 4.79 Å². The van der Waals surface area contributed by atoms with Gasteiger partial charge in [-0.1, -0.05) is 66.7 Å². The average Bonchev–Trinajstić information content (AvgIpc) is 3.72. The molecule has 1 fully saturated rings. The Balaban J connectivity index is 1.36. The fourth-order valence-corrected chi connectivity index (χ4v) is 3.62. The lowest BCUT2D eigenvalue weighted by atomic mass is 10.1. The molecule has 1 aliphatic rings. The van der Waals surface area contributed by atoms with Crippen molar-refractivity contribution in [1.29, 1.82) is 0 Å². The predicted molar refractivity (Wildman–Crippen MR) is 130 cm³/mol. The van der Waals surface area contributed by atoms with E-state index in [9.17, 15) is 14.4 Å². The van der Waals surface area contributed by atoms with Gasteiger partial charge in [-0.2, -0.15) is 0 Å². The molecule has 0 radical (unpaired) electrons. The molecule has 174 valence electrons. The minimum Gasteiger partial charge on any atom is -0.452 e. The van der Waals surface area contributed by atoms with Crippen LogP contribution in [0.5, 0.6) is 0 Å². The third-order valence-corrected chi connectivity index (χ3v) is 5.72. The predicted octanol–water partition coefficient (Wildman–Crippen LogP) is 4.46. The van der Waals surface area contributed by atoms with E-state index in [4.69, 9.17) is 4.74 Å². The van der Waals surface area contributed by atoms with Crippen molar-refractivity contribution < 1.29 is 19.1 Å². The van der Waals surface area contributed by atoms with Gasteiger partial charge in [0.1, 0.15) is 0 Å². The molecule has 0 bridgehead atoms. The van der Waals surface area contributed by atoms with Crippen LogP contribution in [0, 0.1) is 5.92 Å². The van der Waals surface area contributed by atoms with E-state index in [0.29, 0.717) is 30.8 Å². The van der Waals surface area contributed by atoms with E-state index in [1.165, 1.54) is 0 Å². The molecule has 0 aliphatic heterocycles. The molecule has 34 heavy (non-hydrogen) atoms. The number of nitrogens with zero attached hydrogens (tertiary/aromatic N) is 1. The molecule has 4 rings (SSSR count). The molecule has 1 aliphatic carbocycles. The highest BCUT2D eigenvalue weighted by molar-refractivity contribution is 5.96. The second-order valence-electron chi connectivity index (χ2n) is 8.46. The van der Waals surface area contributed by atoms with E-state index in [-0.39, 0.29) is 24.3 Å². The highest BCUT2D eigenvalue weighted by atomic mass is 16.5. The van der Waals surface area contributed by atoms with Crippen LogP contribution in [0.15, 0.2) is 84.9 Å². The minimum atomic E-state index is -0.599. The third kappa shape index (κ3) is 6.78. The summed E-state index contributed by atoms with van der Waals surface area (Å²) in [6.45, 7) is 0.601. The summed E-state index contributed by atoms with van der Waals surface area (Å²) in [5.41, 5.74) is 2.98. The van der Waals surface area contributed by atoms with Crippen LogP contribution in [0.4, 0.5) is 5.69 Å². The Labute approximate surface area is 199 Å². The number of esters is 1. The quantitative estimate of drug-likeness (QED) is 0.457. The fourth-order valence-electron chi connectivity index (χ4n) is 3.62. The second-order valence-corrected chi connectivity index (χ2v) is 8.46. The van der Waals surface area contributed by atoms with Crippen LogP contribution >= 0.6 is 0 Å². The van der Waals surface area contributed by atoms with Crippen LogP contribution in [0.2, 0.25) is 0 Å². The van der Waals surface area contributed by atoms with Crippen molar-refractivity contribution in [1.82, 2.24) is 4.90 Å². The normalized spacial score (nSPS) is 12.6. The number of ether oxygens (including phenoxy) is 1. The first kappa shape index (κ1) is 23.2. The minimum absolute atomic E-state index is 0.0318. The van der Waals surface area contributed by atoms with E-state index in [1.54, 1.807) is 29.2 Å². The van der Waals surface area contributed by atoms with Gasteiger partial charge >= 0.3 is 5.97 Å². The topological polar surface area (TPSA) is 75.7 Å². The molecule has 0 spiro atoms. The summed E-state index contributed by atoms with van der Waals surface area (Å²) in [5, 5.41) is 2.82. The smallest absolute Gasteiger partial charge is 0.338 e. The lowest BCUT2D eigenvalue weighted by Crippen LogP contribution is -2.35. The first-order valence-electron chi connectivity index (χ1n) is 11.5. The third-order valence-electron chi connectivity index (χ3n) is 5.72. The summed E-state index contributed by atoms with van der Waals surface area (Å²) in [4.78, 5) is 39.3. The second kappa shape index (κ2) is 11.3. The zero-order valence-electron chi connectivity index (χ0n) is 19.0. The monoisotopic (exact) mass is 456 g/mol. The molecule has 2 amide bonds. The molecule has 1 N–H and O–H groups in total. The van der Waals surface area contributed by atoms with Crippen molar-refractivity contribution >= 4 is 23.5 Å². The van der Waals surface area contributed by atoms with Gasteiger partial charge in [0.05, 0.1) is 5.56 Å². The van der Waals surface area contributed by atoms with Crippen LogP contribution in [0.3, 0.4) is 0 Å². The maximum Gasteiger partial charge on any atom is 0.338 e. The molecule has 6 nitrogen and oxygen atoms in total. The maximum absolute atomic E-state index is 13.0. The fraction of sp³-hybridized carbons (Fsp3) is 0.250. The van der Waals surface area contributed by atoms with E-state index in [2.05, 4.69) is 5.32 Å². The van der Waals surface area contributed by atoms with Gasteiger partial charge in [0, 0.05) is 24.7 Å². The van der Waals surface area contributed by atoms with Crippen LogP contribution in [0.1, 0.15) is 34.3 Å². The van der Waals surface area contributed by atoms with Crippen molar-refractivity contribution in [3.8, 4) is 0 Å². The van der Waals surface area contributed by atoms with Crippen molar-refractivity contribution in [2.75, 3.05) is 18.5 Å². The van der Waals surface area contributed by atoms with Crippen LogP contribution < -0.4 is 5.32 Å². The average molecular weight is 457 g/mol. The van der Waals surface area contributed by atoms with E-state index in [1.807, 2.05) is 60.7 Å². The number of carbonyl (C=O) groups excluding carboxylic acids is 3. The molecular formula is C28H28N2O4. The summed E-state index contributed by atoms with van der Waals surface area (Å²) in [5.74, 6) is -0.819. The van der Waals surface area contributed by atoms with Gasteiger partial charge < -0.3 is 15.0 Å². The highest BCUT2D eigenvalue weighted by Gasteiger charge is 2.29. The number of hydrogen-bond acceptors (Lipinski definition) is 4. The van der Waals surface area contributed by atoms with Gasteiger partial charge in [0.15, 0.2) is 6.61 Å². The number of amides is 2. The van der Waals surface area contributed by atoms with Crippen molar-refractivity contribution in [3.63, 3.8) is 0 Å². The number of hydrogen-bond donors (Lipinski definition) is 1. The van der Waals surface area contributed by atoms with Crippen LogP contribution in [-0.2, 0) is 27.3 Å². The largest absolute Gasteiger partial charge is 0.452 e. The summed E-state index contributed by atoms with van der Waals surface area (Å²) < 4.78 is 5.34. The lowest BCUT2D eigenvalue weighted by Gasteiger charge is -2.23. The summed E-state index contributed by atoms with van der Waals surface area (Å²) in [7, 11) is 0. The number of rotatable bonds is 10. The Morgan fingerprint density at radius 3 is 2.21 bits per heavy atom. The highest BCUT2D eigenvalue weighted by Crippen LogP contribution is 2.30. The number of carbonyl (C=O) groups is 3. The van der Waals surface area contributed by atoms with Crippen molar-refractivity contribution in [3.05, 3.63) is 102 Å². The Kier molecular flexibility index (Phi) is 7.71. The molecule has 6 heteroatoms. The Morgan fingerprint density at radius 1 is 0.853 bits per heavy atom. The molecule has 3 aromatic carbocycles. The van der Waals surface area contributed by atoms with Gasteiger partial charge in [0.2, 0.25) is 5.91 Å². The molecule has 0 unspecified atom stereocenters. The van der Waals surface area contributed by atoms with Gasteiger partial charge in [-0.15, -0.1) is 0 Å². The first-order chi connectivity index (χ1) is 16.6. The standard InChI is InChI=1S/C28H28N2O4/c31-26(20-34-28(33)24-12-7-13-25(18-24)29-27(32)23-14-15-23)30(19-22-10-5-2-6-11-22)17-16-21-8-3-1-4-9-21/h1-13,18,23H,14-17,19-20H2,(H,29,32). The van der Waals surface area contributed by atoms with Gasteiger partial charge in [0.25, 0.3) is 5.91 Å². The molecule has 0 heterocycles. The Morgan fingerprint density at radius 2 is 1.53 bits per heavy atom. The molecule has 0 aromatic heterocycles. The molecule has 0 saturated heterocycles. The van der Waals surface area contributed by atoms with Gasteiger partial charge in [-0.05, 0) is 48.6 Å². The Bertz CT molecular complexity index is 1130. The molecule has 0 atom stereocenters. The zero-order chi connectivity index (χ0) is 23.8. The number of benzene rings is 3. The van der Waals surface area contributed by atoms with E-state index < -0.39 is 5.97 Å². The number of anilines is 1. The number of nitrogens with one attached hydrogen (secondary N) is 1. The maximum atomic E-state index is 13.0. The summed E-state index contributed by atoms with van der Waals surface area (Å²) in [6.07, 6.45) is 2.51. The molecular weight excluding hydrogens is 428 g/mol. The van der Waals surface area contributed by atoms with E-state index in [0.717, 1.165) is 24.0 Å². The first-order valence-corrected chi connectivity index (χ1v) is 11.5. The SMILES string of the molecule is O=C(OCC(=O)N(CCc1ccccc1)Cc1ccccc1)c1cccc(NC(=O)C2CC2)c1.